The summed E-state index contributed by atoms with van der Waals surface area (Å²) in [6, 6.07) is 2.99. The van der Waals surface area contributed by atoms with Crippen molar-refractivity contribution in [2.24, 2.45) is 5.73 Å². The van der Waals surface area contributed by atoms with Crippen LogP contribution in [0, 0.1) is 6.92 Å². The van der Waals surface area contributed by atoms with Crippen molar-refractivity contribution in [2.45, 2.75) is 19.5 Å². The number of hydrogen-bond donors (Lipinski definition) is 2. The molecular weight excluding hydrogens is 248 g/mol. The van der Waals surface area contributed by atoms with E-state index in [1.54, 1.807) is 0 Å². The van der Waals surface area contributed by atoms with Crippen LogP contribution in [0.15, 0.2) is 12.1 Å². The zero-order valence-electron chi connectivity index (χ0n) is 11.0. The zero-order valence-corrected chi connectivity index (χ0v) is 11.0. The van der Waals surface area contributed by atoms with Crippen LogP contribution in [0.25, 0.3) is 0 Å². The molecule has 1 aliphatic rings. The predicted octanol–water partition coefficient (Wildman–Crippen LogP) is 0.567. The van der Waals surface area contributed by atoms with Crippen LogP contribution < -0.4 is 15.2 Å². The largest absolute Gasteiger partial charge is 0.480 e. The lowest BCUT2D eigenvalue weighted by molar-refractivity contribution is -0.138. The van der Waals surface area contributed by atoms with Gasteiger partial charge in [0.25, 0.3) is 0 Å². The Morgan fingerprint density at radius 2 is 2.11 bits per heavy atom. The van der Waals surface area contributed by atoms with Crippen LogP contribution in [0.2, 0.25) is 0 Å². The Balaban J connectivity index is 2.05. The summed E-state index contributed by atoms with van der Waals surface area (Å²) in [4.78, 5) is 12.6. The van der Waals surface area contributed by atoms with Gasteiger partial charge in [-0.2, -0.15) is 0 Å². The molecular formula is C13H18N2O4. The molecule has 0 bridgehead atoms. The van der Waals surface area contributed by atoms with E-state index in [0.717, 1.165) is 22.6 Å². The van der Waals surface area contributed by atoms with Gasteiger partial charge in [0.05, 0.1) is 0 Å². The summed E-state index contributed by atoms with van der Waals surface area (Å²) in [6.45, 7) is 3.15. The SMILES string of the molecule is Cc1cc2c(cc1CN(C)CC(N)C(=O)O)OCO2. The molecule has 0 aromatic heterocycles. The molecule has 0 fully saturated rings. The molecule has 6 nitrogen and oxygen atoms in total. The summed E-state index contributed by atoms with van der Waals surface area (Å²) in [7, 11) is 1.84. The number of carboxylic acid groups (broad SMARTS) is 1. The average molecular weight is 266 g/mol. The van der Waals surface area contributed by atoms with Gasteiger partial charge in [0, 0.05) is 13.1 Å². The summed E-state index contributed by atoms with van der Waals surface area (Å²) in [5, 5.41) is 8.79. The minimum absolute atomic E-state index is 0.248. The molecule has 0 saturated heterocycles. The molecule has 1 heterocycles. The van der Waals surface area contributed by atoms with Crippen molar-refractivity contribution in [1.29, 1.82) is 0 Å². The number of aliphatic carboxylic acids is 1. The van der Waals surface area contributed by atoms with Crippen LogP contribution >= 0.6 is 0 Å². The zero-order chi connectivity index (χ0) is 14.0. The molecule has 104 valence electrons. The summed E-state index contributed by atoms with van der Waals surface area (Å²) in [6.07, 6.45) is 0. The van der Waals surface area contributed by atoms with E-state index in [4.69, 9.17) is 20.3 Å². The number of carboxylic acids is 1. The monoisotopic (exact) mass is 266 g/mol. The van der Waals surface area contributed by atoms with Gasteiger partial charge in [0.15, 0.2) is 11.5 Å². The molecule has 0 radical (unpaired) electrons. The number of aryl methyl sites for hydroxylation is 1. The van der Waals surface area contributed by atoms with Gasteiger partial charge in [-0.25, -0.2) is 0 Å². The highest BCUT2D eigenvalue weighted by Gasteiger charge is 2.18. The first-order chi connectivity index (χ1) is 8.97. The fourth-order valence-corrected chi connectivity index (χ4v) is 2.03. The van der Waals surface area contributed by atoms with Crippen LogP contribution in [-0.2, 0) is 11.3 Å². The van der Waals surface area contributed by atoms with E-state index < -0.39 is 12.0 Å². The Hall–Kier alpha value is -1.79. The number of rotatable bonds is 5. The number of nitrogens with zero attached hydrogens (tertiary/aromatic N) is 1. The quantitative estimate of drug-likeness (QED) is 0.810. The van der Waals surface area contributed by atoms with Crippen LogP contribution in [0.4, 0.5) is 0 Å². The van der Waals surface area contributed by atoms with E-state index in [0.29, 0.717) is 13.1 Å². The fraction of sp³-hybridized carbons (Fsp3) is 0.462. The maximum Gasteiger partial charge on any atom is 0.321 e. The highest BCUT2D eigenvalue weighted by Crippen LogP contribution is 2.34. The maximum atomic E-state index is 10.7. The van der Waals surface area contributed by atoms with Gasteiger partial charge >= 0.3 is 5.97 Å². The van der Waals surface area contributed by atoms with Gasteiger partial charge in [-0.05, 0) is 37.2 Å². The fourth-order valence-electron chi connectivity index (χ4n) is 2.03. The maximum absolute atomic E-state index is 10.7. The Labute approximate surface area is 111 Å². The van der Waals surface area contributed by atoms with Crippen LogP contribution in [0.3, 0.4) is 0 Å². The number of likely N-dealkylation sites (N-methyl/N-ethyl adjacent to an activating group) is 1. The third kappa shape index (κ3) is 3.15. The standard InChI is InChI=1S/C13H18N2O4/c1-8-3-11-12(19-7-18-11)4-9(8)5-15(2)6-10(14)13(16)17/h3-4,10H,5-7,14H2,1-2H3,(H,16,17). The van der Waals surface area contributed by atoms with Crippen LogP contribution in [0.5, 0.6) is 11.5 Å². The van der Waals surface area contributed by atoms with Gasteiger partial charge in [-0.15, -0.1) is 0 Å². The normalized spacial score (nSPS) is 14.7. The first-order valence-corrected chi connectivity index (χ1v) is 6.03. The molecule has 2 rings (SSSR count). The molecule has 1 aromatic rings. The summed E-state index contributed by atoms with van der Waals surface area (Å²) < 4.78 is 10.6. The van der Waals surface area contributed by atoms with Crippen molar-refractivity contribution in [2.75, 3.05) is 20.4 Å². The molecule has 6 heteroatoms. The van der Waals surface area contributed by atoms with Crippen molar-refractivity contribution in [3.8, 4) is 11.5 Å². The lowest BCUT2D eigenvalue weighted by Gasteiger charge is -2.20. The molecule has 1 aromatic carbocycles. The summed E-state index contributed by atoms with van der Waals surface area (Å²) in [5.41, 5.74) is 7.67. The van der Waals surface area contributed by atoms with Gasteiger partial charge in [0.1, 0.15) is 6.04 Å². The van der Waals surface area contributed by atoms with E-state index in [9.17, 15) is 4.79 Å². The van der Waals surface area contributed by atoms with E-state index in [2.05, 4.69) is 0 Å². The number of ether oxygens (including phenoxy) is 2. The number of hydrogen-bond acceptors (Lipinski definition) is 5. The Morgan fingerprint density at radius 3 is 2.74 bits per heavy atom. The molecule has 0 spiro atoms. The van der Waals surface area contributed by atoms with Crippen molar-refractivity contribution >= 4 is 5.97 Å². The molecule has 3 N–H and O–H groups in total. The first-order valence-electron chi connectivity index (χ1n) is 6.03. The first kappa shape index (κ1) is 13.6. The van der Waals surface area contributed by atoms with E-state index >= 15 is 0 Å². The number of carbonyl (C=O) groups is 1. The van der Waals surface area contributed by atoms with Crippen molar-refractivity contribution in [3.05, 3.63) is 23.3 Å². The lowest BCUT2D eigenvalue weighted by atomic mass is 10.1. The topological polar surface area (TPSA) is 85.0 Å². The third-order valence-electron chi connectivity index (χ3n) is 3.10. The van der Waals surface area contributed by atoms with Gasteiger partial charge in [0.2, 0.25) is 6.79 Å². The summed E-state index contributed by atoms with van der Waals surface area (Å²) in [5.74, 6) is 0.497. The third-order valence-corrected chi connectivity index (χ3v) is 3.10. The second-order valence-corrected chi connectivity index (χ2v) is 4.77. The highest BCUT2D eigenvalue weighted by atomic mass is 16.7. The minimum atomic E-state index is -0.991. The number of benzene rings is 1. The molecule has 1 aliphatic heterocycles. The van der Waals surface area contributed by atoms with Crippen LogP contribution in [0.1, 0.15) is 11.1 Å². The molecule has 1 atom stereocenters. The number of fused-ring (bicyclic) bond motifs is 1. The second kappa shape index (κ2) is 5.46. The van der Waals surface area contributed by atoms with Crippen molar-refractivity contribution in [3.63, 3.8) is 0 Å². The molecule has 19 heavy (non-hydrogen) atoms. The smallest absolute Gasteiger partial charge is 0.321 e. The molecule has 1 unspecified atom stereocenters. The van der Waals surface area contributed by atoms with Crippen molar-refractivity contribution in [1.82, 2.24) is 4.90 Å². The minimum Gasteiger partial charge on any atom is -0.480 e. The lowest BCUT2D eigenvalue weighted by Crippen LogP contribution is -2.40. The Morgan fingerprint density at radius 1 is 1.47 bits per heavy atom. The van der Waals surface area contributed by atoms with Crippen molar-refractivity contribution < 1.29 is 19.4 Å². The molecule has 0 aliphatic carbocycles. The molecule has 0 saturated carbocycles. The number of nitrogens with two attached hydrogens (primary N) is 1. The Bertz CT molecular complexity index is 490. The van der Waals surface area contributed by atoms with E-state index in [1.165, 1.54) is 0 Å². The van der Waals surface area contributed by atoms with E-state index in [-0.39, 0.29) is 6.79 Å². The predicted molar refractivity (Wildman–Crippen MR) is 69.2 cm³/mol. The van der Waals surface area contributed by atoms with Gasteiger partial charge < -0.3 is 20.3 Å². The average Bonchev–Trinajstić information content (AvgIpc) is 2.76. The second-order valence-electron chi connectivity index (χ2n) is 4.77. The van der Waals surface area contributed by atoms with Gasteiger partial charge in [-0.1, -0.05) is 0 Å². The van der Waals surface area contributed by atoms with E-state index in [1.807, 2.05) is 31.0 Å². The Kier molecular flexibility index (Phi) is 3.92. The van der Waals surface area contributed by atoms with Crippen LogP contribution in [-0.4, -0.2) is 42.4 Å². The summed E-state index contributed by atoms with van der Waals surface area (Å²) >= 11 is 0. The molecule has 0 amide bonds. The van der Waals surface area contributed by atoms with Gasteiger partial charge in [-0.3, -0.25) is 9.69 Å². The highest BCUT2D eigenvalue weighted by molar-refractivity contribution is 5.73.